The van der Waals surface area contributed by atoms with Gasteiger partial charge in [0.25, 0.3) is 0 Å². The minimum absolute atomic E-state index is 0.550. The molecule has 19 heavy (non-hydrogen) atoms. The van der Waals surface area contributed by atoms with Crippen LogP contribution in [0.1, 0.15) is 45.4 Å². The van der Waals surface area contributed by atoms with E-state index in [4.69, 9.17) is 0 Å². The van der Waals surface area contributed by atoms with Gasteiger partial charge in [0, 0.05) is 19.1 Å². The van der Waals surface area contributed by atoms with Crippen LogP contribution in [0, 0.1) is 0 Å². The molecule has 2 atom stereocenters. The SMILES string of the molecule is CCCNC(C)C1CCCCN1Cc1ncnn1C. The molecule has 1 N–H and O–H groups in total. The van der Waals surface area contributed by atoms with E-state index in [0.717, 1.165) is 18.9 Å². The summed E-state index contributed by atoms with van der Waals surface area (Å²) in [7, 11) is 1.97. The van der Waals surface area contributed by atoms with Gasteiger partial charge in [-0.25, -0.2) is 4.98 Å². The van der Waals surface area contributed by atoms with E-state index in [1.165, 1.54) is 32.2 Å². The van der Waals surface area contributed by atoms with E-state index in [0.29, 0.717) is 12.1 Å². The molecule has 0 amide bonds. The number of aryl methyl sites for hydroxylation is 1. The zero-order chi connectivity index (χ0) is 13.7. The van der Waals surface area contributed by atoms with Crippen LogP contribution < -0.4 is 5.32 Å². The number of likely N-dealkylation sites (tertiary alicyclic amines) is 1. The van der Waals surface area contributed by atoms with Crippen molar-refractivity contribution in [3.63, 3.8) is 0 Å². The fraction of sp³-hybridized carbons (Fsp3) is 0.857. The Morgan fingerprint density at radius 1 is 1.47 bits per heavy atom. The standard InChI is InChI=1S/C14H27N5/c1-4-8-15-12(2)13-7-5-6-9-19(13)10-14-16-11-17-18(14)3/h11-13,15H,4-10H2,1-3H3. The molecule has 0 aromatic carbocycles. The first-order valence-corrected chi connectivity index (χ1v) is 7.52. The second-order valence-electron chi connectivity index (χ2n) is 5.58. The Morgan fingerprint density at radius 3 is 3.00 bits per heavy atom. The van der Waals surface area contributed by atoms with Crippen molar-refractivity contribution in [2.24, 2.45) is 7.05 Å². The van der Waals surface area contributed by atoms with Gasteiger partial charge in [-0.15, -0.1) is 0 Å². The largest absolute Gasteiger partial charge is 0.313 e. The van der Waals surface area contributed by atoms with Gasteiger partial charge in [0.2, 0.25) is 0 Å². The van der Waals surface area contributed by atoms with Crippen LogP contribution in [0.4, 0.5) is 0 Å². The molecule has 1 aliphatic heterocycles. The summed E-state index contributed by atoms with van der Waals surface area (Å²) < 4.78 is 1.88. The average Bonchev–Trinajstić information content (AvgIpc) is 2.82. The smallest absolute Gasteiger partial charge is 0.140 e. The summed E-state index contributed by atoms with van der Waals surface area (Å²) in [5.41, 5.74) is 0. The second kappa shape index (κ2) is 7.01. The molecule has 5 heteroatoms. The van der Waals surface area contributed by atoms with Gasteiger partial charge < -0.3 is 5.32 Å². The Kier molecular flexibility index (Phi) is 5.34. The number of piperidine rings is 1. The Hall–Kier alpha value is -0.940. The maximum atomic E-state index is 4.36. The van der Waals surface area contributed by atoms with Crippen molar-refractivity contribution in [3.8, 4) is 0 Å². The summed E-state index contributed by atoms with van der Waals surface area (Å²) in [6, 6.07) is 1.17. The van der Waals surface area contributed by atoms with E-state index >= 15 is 0 Å². The Bertz CT molecular complexity index is 376. The molecular weight excluding hydrogens is 238 g/mol. The summed E-state index contributed by atoms with van der Waals surface area (Å²) >= 11 is 0. The van der Waals surface area contributed by atoms with Gasteiger partial charge in [-0.2, -0.15) is 5.10 Å². The van der Waals surface area contributed by atoms with Crippen molar-refractivity contribution < 1.29 is 0 Å². The Morgan fingerprint density at radius 2 is 2.32 bits per heavy atom. The fourth-order valence-corrected chi connectivity index (χ4v) is 2.93. The van der Waals surface area contributed by atoms with E-state index < -0.39 is 0 Å². The van der Waals surface area contributed by atoms with Gasteiger partial charge in [-0.05, 0) is 39.3 Å². The molecule has 1 saturated heterocycles. The molecule has 1 fully saturated rings. The zero-order valence-electron chi connectivity index (χ0n) is 12.5. The predicted octanol–water partition coefficient (Wildman–Crippen LogP) is 1.56. The van der Waals surface area contributed by atoms with Gasteiger partial charge >= 0.3 is 0 Å². The molecule has 5 nitrogen and oxygen atoms in total. The molecule has 108 valence electrons. The molecule has 0 saturated carbocycles. The third kappa shape index (κ3) is 3.76. The third-order valence-electron chi connectivity index (χ3n) is 4.11. The molecule has 0 bridgehead atoms. The number of hydrogen-bond acceptors (Lipinski definition) is 4. The number of hydrogen-bond donors (Lipinski definition) is 1. The first kappa shape index (κ1) is 14.5. The molecule has 2 rings (SSSR count). The van der Waals surface area contributed by atoms with E-state index in [-0.39, 0.29) is 0 Å². The fourth-order valence-electron chi connectivity index (χ4n) is 2.93. The van der Waals surface area contributed by atoms with Gasteiger partial charge in [-0.3, -0.25) is 9.58 Å². The lowest BCUT2D eigenvalue weighted by atomic mass is 9.96. The number of nitrogens with one attached hydrogen (secondary N) is 1. The number of rotatable bonds is 6. The van der Waals surface area contributed by atoms with Crippen LogP contribution >= 0.6 is 0 Å². The van der Waals surface area contributed by atoms with Crippen molar-refractivity contribution in [1.29, 1.82) is 0 Å². The highest BCUT2D eigenvalue weighted by Gasteiger charge is 2.27. The summed E-state index contributed by atoms with van der Waals surface area (Å²) in [5.74, 6) is 1.06. The van der Waals surface area contributed by atoms with E-state index in [1.54, 1.807) is 6.33 Å². The number of nitrogens with zero attached hydrogens (tertiary/aromatic N) is 4. The van der Waals surface area contributed by atoms with Crippen molar-refractivity contribution in [2.75, 3.05) is 13.1 Å². The lowest BCUT2D eigenvalue weighted by molar-refractivity contribution is 0.107. The summed E-state index contributed by atoms with van der Waals surface area (Å²) in [4.78, 5) is 6.93. The first-order valence-electron chi connectivity index (χ1n) is 7.52. The summed E-state index contributed by atoms with van der Waals surface area (Å²) in [6.07, 6.45) is 6.77. The lowest BCUT2D eigenvalue weighted by Gasteiger charge is -2.39. The molecule has 0 radical (unpaired) electrons. The zero-order valence-corrected chi connectivity index (χ0v) is 12.5. The molecule has 2 heterocycles. The normalized spacial score (nSPS) is 22.6. The number of aromatic nitrogens is 3. The minimum Gasteiger partial charge on any atom is -0.313 e. The summed E-state index contributed by atoms with van der Waals surface area (Å²) in [6.45, 7) is 7.73. The minimum atomic E-state index is 0.550. The molecule has 0 spiro atoms. The first-order chi connectivity index (χ1) is 9.22. The van der Waals surface area contributed by atoms with Crippen LogP contribution in [-0.4, -0.2) is 44.8 Å². The molecule has 1 aromatic rings. The molecule has 2 unspecified atom stereocenters. The molecule has 1 aromatic heterocycles. The van der Waals surface area contributed by atoms with E-state index in [9.17, 15) is 0 Å². The Labute approximate surface area is 116 Å². The highest BCUT2D eigenvalue weighted by atomic mass is 15.3. The second-order valence-corrected chi connectivity index (χ2v) is 5.58. The molecular formula is C14H27N5. The van der Waals surface area contributed by atoms with Gasteiger partial charge in [0.05, 0.1) is 6.54 Å². The van der Waals surface area contributed by atoms with Crippen LogP contribution in [0.5, 0.6) is 0 Å². The van der Waals surface area contributed by atoms with Gasteiger partial charge in [0.15, 0.2) is 0 Å². The monoisotopic (exact) mass is 265 g/mol. The van der Waals surface area contributed by atoms with Crippen molar-refractivity contribution in [2.45, 2.75) is 58.2 Å². The van der Waals surface area contributed by atoms with Crippen LogP contribution in [-0.2, 0) is 13.6 Å². The van der Waals surface area contributed by atoms with Crippen molar-refractivity contribution >= 4 is 0 Å². The van der Waals surface area contributed by atoms with E-state index in [1.807, 2.05) is 11.7 Å². The lowest BCUT2D eigenvalue weighted by Crippen LogP contribution is -2.51. The maximum absolute atomic E-state index is 4.36. The summed E-state index contributed by atoms with van der Waals surface area (Å²) in [5, 5.41) is 7.81. The Balaban J connectivity index is 1.97. The quantitative estimate of drug-likeness (QED) is 0.848. The predicted molar refractivity (Wildman–Crippen MR) is 76.8 cm³/mol. The van der Waals surface area contributed by atoms with Gasteiger partial charge in [0.1, 0.15) is 12.2 Å². The highest BCUT2D eigenvalue weighted by molar-refractivity contribution is 4.90. The highest BCUT2D eigenvalue weighted by Crippen LogP contribution is 2.21. The van der Waals surface area contributed by atoms with E-state index in [2.05, 4.69) is 34.1 Å². The molecule has 1 aliphatic rings. The van der Waals surface area contributed by atoms with Crippen molar-refractivity contribution in [1.82, 2.24) is 25.0 Å². The van der Waals surface area contributed by atoms with Crippen molar-refractivity contribution in [3.05, 3.63) is 12.2 Å². The van der Waals surface area contributed by atoms with Crippen LogP contribution in [0.2, 0.25) is 0 Å². The van der Waals surface area contributed by atoms with Gasteiger partial charge in [-0.1, -0.05) is 13.3 Å². The van der Waals surface area contributed by atoms with Crippen LogP contribution in [0.15, 0.2) is 6.33 Å². The third-order valence-corrected chi connectivity index (χ3v) is 4.11. The maximum Gasteiger partial charge on any atom is 0.140 e. The van der Waals surface area contributed by atoms with Crippen LogP contribution in [0.3, 0.4) is 0 Å². The average molecular weight is 265 g/mol. The molecule has 0 aliphatic carbocycles. The topological polar surface area (TPSA) is 46.0 Å². The van der Waals surface area contributed by atoms with Crippen LogP contribution in [0.25, 0.3) is 0 Å².